The third-order valence-electron chi connectivity index (χ3n) is 4.36. The first-order chi connectivity index (χ1) is 11.8. The number of hydrogen-bond donors (Lipinski definition) is 1. The van der Waals surface area contributed by atoms with Crippen LogP contribution in [0.4, 0.5) is 0 Å². The van der Waals surface area contributed by atoms with Crippen LogP contribution in [0.2, 0.25) is 0 Å². The van der Waals surface area contributed by atoms with Crippen molar-refractivity contribution < 1.29 is 8.42 Å². The van der Waals surface area contributed by atoms with Gasteiger partial charge in [0.2, 0.25) is 10.0 Å². The van der Waals surface area contributed by atoms with E-state index < -0.39 is 10.0 Å². The highest BCUT2D eigenvalue weighted by Crippen LogP contribution is 2.29. The largest absolute Gasteiger partial charge is 0.350 e. The van der Waals surface area contributed by atoms with E-state index in [-0.39, 0.29) is 6.04 Å². The summed E-state index contributed by atoms with van der Waals surface area (Å²) in [6.07, 6.45) is 2.08. The number of para-hydroxylation sites is 1. The first-order valence-electron chi connectivity index (χ1n) is 8.06. The first kappa shape index (κ1) is 18.1. The molecular formula is C18H23N3O2S2. The zero-order valence-electron chi connectivity index (χ0n) is 14.9. The van der Waals surface area contributed by atoms with Gasteiger partial charge >= 0.3 is 0 Å². The SMILES string of the molecule is Cc1ccc(S(=O)(=O)NC[C@H](c2cn(C)c3ccccc23)N(C)C)s1. The average Bonchev–Trinajstić information content (AvgIpc) is 3.13. The van der Waals surface area contributed by atoms with E-state index in [4.69, 9.17) is 0 Å². The molecule has 0 aliphatic carbocycles. The van der Waals surface area contributed by atoms with E-state index in [1.54, 1.807) is 6.07 Å². The molecule has 2 aromatic heterocycles. The Labute approximate surface area is 152 Å². The third-order valence-corrected chi connectivity index (χ3v) is 7.27. The molecule has 0 fully saturated rings. The molecule has 5 nitrogen and oxygen atoms in total. The minimum atomic E-state index is -3.49. The van der Waals surface area contributed by atoms with Crippen LogP contribution in [0.3, 0.4) is 0 Å². The van der Waals surface area contributed by atoms with Gasteiger partial charge in [-0.05, 0) is 44.8 Å². The summed E-state index contributed by atoms with van der Waals surface area (Å²) in [5.74, 6) is 0. The lowest BCUT2D eigenvalue weighted by Gasteiger charge is -2.24. The molecule has 0 aliphatic heterocycles. The van der Waals surface area contributed by atoms with Gasteiger partial charge in [0.25, 0.3) is 0 Å². The molecule has 0 amide bonds. The Bertz CT molecular complexity index is 987. The summed E-state index contributed by atoms with van der Waals surface area (Å²) >= 11 is 1.29. The summed E-state index contributed by atoms with van der Waals surface area (Å²) in [6, 6.07) is 11.6. The molecule has 2 heterocycles. The maximum atomic E-state index is 12.5. The minimum Gasteiger partial charge on any atom is -0.350 e. The van der Waals surface area contributed by atoms with Crippen LogP contribution in [0.15, 0.2) is 46.8 Å². The second-order valence-electron chi connectivity index (χ2n) is 6.41. The number of hydrogen-bond acceptors (Lipinski definition) is 4. The van der Waals surface area contributed by atoms with Gasteiger partial charge in [-0.25, -0.2) is 13.1 Å². The number of nitrogens with one attached hydrogen (secondary N) is 1. The molecule has 1 N–H and O–H groups in total. The Morgan fingerprint density at radius 2 is 1.92 bits per heavy atom. The van der Waals surface area contributed by atoms with Gasteiger partial charge < -0.3 is 9.47 Å². The number of benzene rings is 1. The Morgan fingerprint density at radius 3 is 2.56 bits per heavy atom. The van der Waals surface area contributed by atoms with Crippen LogP contribution in [-0.4, -0.2) is 38.5 Å². The van der Waals surface area contributed by atoms with Crippen LogP contribution >= 0.6 is 11.3 Å². The quantitative estimate of drug-likeness (QED) is 0.718. The van der Waals surface area contributed by atoms with Gasteiger partial charge in [0.05, 0.1) is 0 Å². The summed E-state index contributed by atoms with van der Waals surface area (Å²) in [7, 11) is 2.46. The fourth-order valence-corrected chi connectivity index (χ4v) is 5.39. The van der Waals surface area contributed by atoms with Crippen molar-refractivity contribution in [3.8, 4) is 0 Å². The molecule has 0 saturated heterocycles. The van der Waals surface area contributed by atoms with Crippen molar-refractivity contribution >= 4 is 32.3 Å². The molecule has 0 unspecified atom stereocenters. The van der Waals surface area contributed by atoms with E-state index >= 15 is 0 Å². The lowest BCUT2D eigenvalue weighted by molar-refractivity contribution is 0.301. The Balaban J connectivity index is 1.89. The van der Waals surface area contributed by atoms with Crippen molar-refractivity contribution in [2.24, 2.45) is 7.05 Å². The number of aromatic nitrogens is 1. The monoisotopic (exact) mass is 377 g/mol. The number of likely N-dealkylation sites (N-methyl/N-ethyl adjacent to an activating group) is 1. The zero-order valence-corrected chi connectivity index (χ0v) is 16.5. The van der Waals surface area contributed by atoms with Crippen molar-refractivity contribution in [1.29, 1.82) is 0 Å². The molecule has 7 heteroatoms. The molecule has 0 bridgehead atoms. The number of sulfonamides is 1. The van der Waals surface area contributed by atoms with Gasteiger partial charge in [0.1, 0.15) is 4.21 Å². The predicted octanol–water partition coefficient (Wildman–Crippen LogP) is 3.13. The second-order valence-corrected chi connectivity index (χ2v) is 9.69. The molecule has 134 valence electrons. The number of aryl methyl sites for hydroxylation is 2. The van der Waals surface area contributed by atoms with E-state index in [9.17, 15) is 8.42 Å². The maximum Gasteiger partial charge on any atom is 0.250 e. The molecule has 25 heavy (non-hydrogen) atoms. The zero-order chi connectivity index (χ0) is 18.2. The molecule has 3 aromatic rings. The van der Waals surface area contributed by atoms with E-state index in [1.165, 1.54) is 11.3 Å². The molecule has 1 aromatic carbocycles. The number of nitrogens with zero attached hydrogens (tertiary/aromatic N) is 2. The van der Waals surface area contributed by atoms with Crippen LogP contribution in [-0.2, 0) is 17.1 Å². The lowest BCUT2D eigenvalue weighted by Crippen LogP contribution is -2.34. The number of thiophene rings is 1. The van der Waals surface area contributed by atoms with Gasteiger partial charge in [-0.15, -0.1) is 11.3 Å². The molecule has 1 atom stereocenters. The fraction of sp³-hybridized carbons (Fsp3) is 0.333. The highest BCUT2D eigenvalue weighted by atomic mass is 32.2. The molecule has 3 rings (SSSR count). The van der Waals surface area contributed by atoms with Crippen molar-refractivity contribution in [2.75, 3.05) is 20.6 Å². The van der Waals surface area contributed by atoms with Crippen molar-refractivity contribution in [1.82, 2.24) is 14.2 Å². The van der Waals surface area contributed by atoms with Crippen LogP contribution in [0, 0.1) is 6.92 Å². The molecule has 0 radical (unpaired) electrons. The van der Waals surface area contributed by atoms with Crippen molar-refractivity contribution in [3.63, 3.8) is 0 Å². The first-order valence-corrected chi connectivity index (χ1v) is 10.4. The Kier molecular flexibility index (Phi) is 5.02. The summed E-state index contributed by atoms with van der Waals surface area (Å²) in [6.45, 7) is 2.22. The maximum absolute atomic E-state index is 12.5. The van der Waals surface area contributed by atoms with Crippen molar-refractivity contribution in [2.45, 2.75) is 17.2 Å². The topological polar surface area (TPSA) is 54.3 Å². The predicted molar refractivity (Wildman–Crippen MR) is 104 cm³/mol. The number of fused-ring (bicyclic) bond motifs is 1. The molecular weight excluding hydrogens is 354 g/mol. The Morgan fingerprint density at radius 1 is 1.20 bits per heavy atom. The van der Waals surface area contributed by atoms with Gasteiger partial charge in [-0.2, -0.15) is 0 Å². The van der Waals surface area contributed by atoms with Gasteiger partial charge in [-0.3, -0.25) is 0 Å². The normalized spacial score (nSPS) is 13.6. The van der Waals surface area contributed by atoms with E-state index in [0.717, 1.165) is 21.3 Å². The number of rotatable bonds is 6. The summed E-state index contributed by atoms with van der Waals surface area (Å²) in [4.78, 5) is 3.03. The van der Waals surface area contributed by atoms with Gasteiger partial charge in [-0.1, -0.05) is 18.2 Å². The van der Waals surface area contributed by atoms with Crippen LogP contribution in [0.25, 0.3) is 10.9 Å². The molecule has 0 saturated carbocycles. The summed E-state index contributed by atoms with van der Waals surface area (Å²) < 4.78 is 30.3. The average molecular weight is 378 g/mol. The highest BCUT2D eigenvalue weighted by molar-refractivity contribution is 7.91. The fourth-order valence-electron chi connectivity index (χ4n) is 3.03. The summed E-state index contributed by atoms with van der Waals surface area (Å²) in [5, 5.41) is 1.15. The lowest BCUT2D eigenvalue weighted by atomic mass is 10.1. The van der Waals surface area contributed by atoms with E-state index in [2.05, 4.69) is 27.6 Å². The highest BCUT2D eigenvalue weighted by Gasteiger charge is 2.23. The second kappa shape index (κ2) is 6.92. The van der Waals surface area contributed by atoms with Crippen molar-refractivity contribution in [3.05, 3.63) is 53.0 Å². The van der Waals surface area contributed by atoms with Crippen LogP contribution in [0.1, 0.15) is 16.5 Å². The van der Waals surface area contributed by atoms with Crippen LogP contribution in [0.5, 0.6) is 0 Å². The van der Waals surface area contributed by atoms with Crippen LogP contribution < -0.4 is 4.72 Å². The molecule has 0 spiro atoms. The minimum absolute atomic E-state index is 0.0538. The smallest absolute Gasteiger partial charge is 0.250 e. The standard InChI is InChI=1S/C18H23N3O2S2/c1-13-9-10-18(24-13)25(22,23)19-11-17(20(2)3)15-12-21(4)16-8-6-5-7-14(15)16/h5-10,12,17,19H,11H2,1-4H3/t17-/m1/s1. The third kappa shape index (κ3) is 3.64. The van der Waals surface area contributed by atoms with Gasteiger partial charge in [0, 0.05) is 41.6 Å². The van der Waals surface area contributed by atoms with Gasteiger partial charge in [0.15, 0.2) is 0 Å². The summed E-state index contributed by atoms with van der Waals surface area (Å²) in [5.41, 5.74) is 2.26. The molecule has 0 aliphatic rings. The Hall–Kier alpha value is -1.67. The van der Waals surface area contributed by atoms with E-state index in [0.29, 0.717) is 10.8 Å². The van der Waals surface area contributed by atoms with E-state index in [1.807, 2.05) is 51.2 Å².